The first kappa shape index (κ1) is 13.5. The van der Waals surface area contributed by atoms with E-state index in [9.17, 15) is 0 Å². The minimum atomic E-state index is 0.243. The molecule has 5 heteroatoms. The van der Waals surface area contributed by atoms with E-state index in [2.05, 4.69) is 30.0 Å². The van der Waals surface area contributed by atoms with Crippen LogP contribution in [0.2, 0.25) is 0 Å². The second-order valence-electron chi connectivity index (χ2n) is 5.31. The van der Waals surface area contributed by atoms with Crippen LogP contribution in [0.5, 0.6) is 0 Å². The van der Waals surface area contributed by atoms with E-state index in [-0.39, 0.29) is 18.2 Å². The van der Waals surface area contributed by atoms with Crippen LogP contribution in [0.25, 0.3) is 0 Å². The minimum Gasteiger partial charge on any atom is -0.373 e. The van der Waals surface area contributed by atoms with Crippen molar-refractivity contribution in [2.75, 3.05) is 19.6 Å². The van der Waals surface area contributed by atoms with Gasteiger partial charge in [0, 0.05) is 38.4 Å². The number of nitrogens with zero attached hydrogens (tertiary/aromatic N) is 3. The summed E-state index contributed by atoms with van der Waals surface area (Å²) in [6.07, 6.45) is 2.61. The van der Waals surface area contributed by atoms with E-state index in [1.807, 2.05) is 18.7 Å². The fourth-order valence-corrected chi connectivity index (χ4v) is 2.89. The van der Waals surface area contributed by atoms with Gasteiger partial charge in [0.25, 0.3) is 0 Å². The van der Waals surface area contributed by atoms with Gasteiger partial charge in [-0.3, -0.25) is 9.58 Å². The van der Waals surface area contributed by atoms with Gasteiger partial charge in [-0.2, -0.15) is 5.10 Å². The number of rotatable bonds is 3. The Hall–Kier alpha value is -0.910. The number of aromatic nitrogens is 2. The van der Waals surface area contributed by atoms with Crippen molar-refractivity contribution in [1.82, 2.24) is 14.7 Å². The van der Waals surface area contributed by atoms with Crippen molar-refractivity contribution in [2.45, 2.75) is 39.0 Å². The summed E-state index contributed by atoms with van der Waals surface area (Å²) < 4.78 is 7.64. The zero-order valence-corrected chi connectivity index (χ0v) is 11.8. The number of morpholine rings is 1. The molecule has 3 atom stereocenters. The van der Waals surface area contributed by atoms with Gasteiger partial charge < -0.3 is 10.5 Å². The maximum absolute atomic E-state index is 5.99. The lowest BCUT2D eigenvalue weighted by molar-refractivity contribution is -0.0800. The summed E-state index contributed by atoms with van der Waals surface area (Å²) in [6.45, 7) is 8.76. The molecule has 0 aromatic carbocycles. The highest BCUT2D eigenvalue weighted by Crippen LogP contribution is 2.25. The van der Waals surface area contributed by atoms with Crippen molar-refractivity contribution in [2.24, 2.45) is 12.8 Å². The molecule has 1 aromatic heterocycles. The Morgan fingerprint density at radius 3 is 2.50 bits per heavy atom. The lowest BCUT2D eigenvalue weighted by Crippen LogP contribution is -2.48. The molecule has 3 unspecified atom stereocenters. The van der Waals surface area contributed by atoms with Gasteiger partial charge in [0.2, 0.25) is 0 Å². The van der Waals surface area contributed by atoms with Crippen molar-refractivity contribution in [3.63, 3.8) is 0 Å². The van der Waals surface area contributed by atoms with E-state index in [0.29, 0.717) is 6.54 Å². The number of ether oxygens (including phenoxy) is 1. The Labute approximate surface area is 109 Å². The SMILES string of the molecule is Cc1nn(C)cc1C(CN)N1CC(C)OC(C)C1. The third kappa shape index (κ3) is 2.74. The fraction of sp³-hybridized carbons (Fsp3) is 0.769. The van der Waals surface area contributed by atoms with Crippen molar-refractivity contribution in [3.05, 3.63) is 17.5 Å². The van der Waals surface area contributed by atoms with Crippen LogP contribution in [0.3, 0.4) is 0 Å². The molecule has 2 heterocycles. The second-order valence-corrected chi connectivity index (χ2v) is 5.31. The molecule has 0 saturated carbocycles. The van der Waals surface area contributed by atoms with Gasteiger partial charge in [-0.1, -0.05) is 0 Å². The van der Waals surface area contributed by atoms with Crippen molar-refractivity contribution in [3.8, 4) is 0 Å². The van der Waals surface area contributed by atoms with Crippen molar-refractivity contribution in [1.29, 1.82) is 0 Å². The average Bonchev–Trinajstić information content (AvgIpc) is 2.58. The van der Waals surface area contributed by atoms with Gasteiger partial charge in [-0.25, -0.2) is 0 Å². The minimum absolute atomic E-state index is 0.243. The monoisotopic (exact) mass is 252 g/mol. The number of hydrogen-bond donors (Lipinski definition) is 1. The van der Waals surface area contributed by atoms with Gasteiger partial charge in [-0.15, -0.1) is 0 Å². The fourth-order valence-electron chi connectivity index (χ4n) is 2.89. The van der Waals surface area contributed by atoms with E-state index in [0.717, 1.165) is 18.8 Å². The predicted octanol–water partition coefficient (Wildman–Crippen LogP) is 0.838. The number of aryl methyl sites for hydroxylation is 2. The van der Waals surface area contributed by atoms with Gasteiger partial charge in [0.1, 0.15) is 0 Å². The van der Waals surface area contributed by atoms with Crippen LogP contribution < -0.4 is 5.73 Å². The molecular formula is C13H24N4O. The third-order valence-electron chi connectivity index (χ3n) is 3.52. The molecule has 1 aliphatic heterocycles. The molecule has 1 aromatic rings. The summed E-state index contributed by atoms with van der Waals surface area (Å²) in [5.74, 6) is 0. The van der Waals surface area contributed by atoms with E-state index < -0.39 is 0 Å². The molecule has 0 radical (unpaired) electrons. The van der Waals surface area contributed by atoms with Crippen LogP contribution >= 0.6 is 0 Å². The molecule has 0 aliphatic carbocycles. The average molecular weight is 252 g/mol. The molecule has 2 rings (SSSR count). The summed E-state index contributed by atoms with van der Waals surface area (Å²) in [6, 6.07) is 0.243. The summed E-state index contributed by atoms with van der Waals surface area (Å²) in [5.41, 5.74) is 8.29. The largest absolute Gasteiger partial charge is 0.373 e. The van der Waals surface area contributed by atoms with Crippen LogP contribution in [0.15, 0.2) is 6.20 Å². The first-order chi connectivity index (χ1) is 8.51. The summed E-state index contributed by atoms with van der Waals surface area (Å²) in [7, 11) is 1.95. The molecule has 0 bridgehead atoms. The van der Waals surface area contributed by atoms with Gasteiger partial charge in [0.05, 0.1) is 23.9 Å². The first-order valence-corrected chi connectivity index (χ1v) is 6.61. The van der Waals surface area contributed by atoms with Crippen LogP contribution in [0, 0.1) is 6.92 Å². The first-order valence-electron chi connectivity index (χ1n) is 6.61. The van der Waals surface area contributed by atoms with Crippen LogP contribution in [0.1, 0.15) is 31.1 Å². The molecule has 1 saturated heterocycles. The quantitative estimate of drug-likeness (QED) is 0.866. The zero-order valence-electron chi connectivity index (χ0n) is 11.8. The molecule has 2 N–H and O–H groups in total. The number of nitrogens with two attached hydrogens (primary N) is 1. The van der Waals surface area contributed by atoms with Gasteiger partial charge in [-0.05, 0) is 20.8 Å². The van der Waals surface area contributed by atoms with Gasteiger partial charge in [0.15, 0.2) is 0 Å². The third-order valence-corrected chi connectivity index (χ3v) is 3.52. The highest BCUT2D eigenvalue weighted by Gasteiger charge is 2.29. The normalized spacial score (nSPS) is 27.4. The Kier molecular flexibility index (Phi) is 4.04. The van der Waals surface area contributed by atoms with Crippen LogP contribution in [-0.4, -0.2) is 46.5 Å². The highest BCUT2D eigenvalue weighted by atomic mass is 16.5. The van der Waals surface area contributed by atoms with E-state index in [1.165, 1.54) is 5.56 Å². The molecule has 1 aliphatic rings. The topological polar surface area (TPSA) is 56.3 Å². The Balaban J connectivity index is 2.20. The standard InChI is InChI=1S/C13H24N4O/c1-9-6-17(7-10(2)18-9)13(5-14)12-8-16(4)15-11(12)3/h8-10,13H,5-7,14H2,1-4H3. The zero-order chi connectivity index (χ0) is 13.3. The summed E-state index contributed by atoms with van der Waals surface area (Å²) in [5, 5.41) is 4.42. The lowest BCUT2D eigenvalue weighted by atomic mass is 10.0. The smallest absolute Gasteiger partial charge is 0.0678 e. The van der Waals surface area contributed by atoms with Crippen molar-refractivity contribution < 1.29 is 4.74 Å². The second kappa shape index (κ2) is 5.38. The predicted molar refractivity (Wildman–Crippen MR) is 71.3 cm³/mol. The molecule has 0 amide bonds. The lowest BCUT2D eigenvalue weighted by Gasteiger charge is -2.39. The van der Waals surface area contributed by atoms with Crippen molar-refractivity contribution >= 4 is 0 Å². The van der Waals surface area contributed by atoms with Crippen LogP contribution in [-0.2, 0) is 11.8 Å². The molecule has 102 valence electrons. The van der Waals surface area contributed by atoms with Crippen LogP contribution in [0.4, 0.5) is 0 Å². The summed E-state index contributed by atoms with van der Waals surface area (Å²) >= 11 is 0. The highest BCUT2D eigenvalue weighted by molar-refractivity contribution is 5.21. The van der Waals surface area contributed by atoms with E-state index >= 15 is 0 Å². The molecular weight excluding hydrogens is 228 g/mol. The number of hydrogen-bond acceptors (Lipinski definition) is 4. The maximum atomic E-state index is 5.99. The Bertz CT molecular complexity index is 394. The maximum Gasteiger partial charge on any atom is 0.0678 e. The molecule has 1 fully saturated rings. The Morgan fingerprint density at radius 1 is 1.44 bits per heavy atom. The molecule has 0 spiro atoms. The molecule has 18 heavy (non-hydrogen) atoms. The van der Waals surface area contributed by atoms with E-state index in [4.69, 9.17) is 10.5 Å². The van der Waals surface area contributed by atoms with E-state index in [1.54, 1.807) is 0 Å². The van der Waals surface area contributed by atoms with Gasteiger partial charge >= 0.3 is 0 Å². The summed E-state index contributed by atoms with van der Waals surface area (Å²) in [4.78, 5) is 2.42. The molecule has 5 nitrogen and oxygen atoms in total. The Morgan fingerprint density at radius 2 is 2.06 bits per heavy atom.